The molecule has 1 fully saturated rings. The number of likely N-dealkylation sites (tertiary alicyclic amines) is 1. The lowest BCUT2D eigenvalue weighted by Crippen LogP contribution is -2.46. The van der Waals surface area contributed by atoms with Gasteiger partial charge in [0.25, 0.3) is 5.91 Å². The number of aryl methyl sites for hydroxylation is 1. The van der Waals surface area contributed by atoms with E-state index in [1.54, 1.807) is 18.2 Å². The summed E-state index contributed by atoms with van der Waals surface area (Å²) < 4.78 is 10.6. The van der Waals surface area contributed by atoms with E-state index in [-0.39, 0.29) is 24.6 Å². The van der Waals surface area contributed by atoms with Gasteiger partial charge in [0, 0.05) is 36.1 Å². The predicted molar refractivity (Wildman–Crippen MR) is 109 cm³/mol. The lowest BCUT2D eigenvalue weighted by Gasteiger charge is -2.32. The van der Waals surface area contributed by atoms with Crippen LogP contribution in [0.5, 0.6) is 11.5 Å². The Morgan fingerprint density at radius 2 is 1.76 bits per heavy atom. The number of benzene rings is 2. The van der Waals surface area contributed by atoms with E-state index in [9.17, 15) is 9.59 Å². The normalized spacial score (nSPS) is 16.0. The number of ether oxygens (including phenoxy) is 2. The van der Waals surface area contributed by atoms with Crippen LogP contribution < -0.4 is 14.8 Å². The van der Waals surface area contributed by atoms with Crippen molar-refractivity contribution in [2.24, 2.45) is 0 Å². The average molecular weight is 415 g/mol. The number of rotatable bonds is 5. The highest BCUT2D eigenvalue weighted by molar-refractivity contribution is 6.30. The molecule has 2 aromatic rings. The van der Waals surface area contributed by atoms with Crippen molar-refractivity contribution in [1.29, 1.82) is 0 Å². The first kappa shape index (κ1) is 19.6. The van der Waals surface area contributed by atoms with Gasteiger partial charge in [-0.15, -0.1) is 0 Å². The van der Waals surface area contributed by atoms with Crippen molar-refractivity contribution in [3.05, 3.63) is 58.6 Å². The summed E-state index contributed by atoms with van der Waals surface area (Å²) in [7, 11) is 0. The smallest absolute Gasteiger partial charge is 0.253 e. The van der Waals surface area contributed by atoms with Gasteiger partial charge >= 0.3 is 0 Å². The molecular formula is C22H23ClN2O4. The summed E-state index contributed by atoms with van der Waals surface area (Å²) in [6.45, 7) is 1.43. The lowest BCUT2D eigenvalue weighted by atomic mass is 10.0. The highest BCUT2D eigenvalue weighted by Gasteiger charge is 2.26. The van der Waals surface area contributed by atoms with Gasteiger partial charge in [0.05, 0.1) is 0 Å². The highest BCUT2D eigenvalue weighted by atomic mass is 35.5. The van der Waals surface area contributed by atoms with Crippen molar-refractivity contribution in [3.8, 4) is 11.5 Å². The number of nitrogens with one attached hydrogen (secondary N) is 1. The maximum atomic E-state index is 12.7. The van der Waals surface area contributed by atoms with Gasteiger partial charge in [0.2, 0.25) is 12.7 Å². The molecule has 2 aliphatic rings. The molecule has 29 heavy (non-hydrogen) atoms. The van der Waals surface area contributed by atoms with Gasteiger partial charge in [-0.05, 0) is 55.2 Å². The van der Waals surface area contributed by atoms with Gasteiger partial charge in [-0.1, -0.05) is 23.7 Å². The van der Waals surface area contributed by atoms with Gasteiger partial charge in [-0.25, -0.2) is 0 Å². The van der Waals surface area contributed by atoms with Gasteiger partial charge in [-0.3, -0.25) is 9.59 Å². The summed E-state index contributed by atoms with van der Waals surface area (Å²) >= 11 is 5.88. The second kappa shape index (κ2) is 8.74. The minimum absolute atomic E-state index is 0.0178. The average Bonchev–Trinajstić information content (AvgIpc) is 3.21. The zero-order valence-electron chi connectivity index (χ0n) is 16.0. The highest BCUT2D eigenvalue weighted by Crippen LogP contribution is 2.33. The summed E-state index contributed by atoms with van der Waals surface area (Å²) in [5.41, 5.74) is 1.69. The van der Waals surface area contributed by atoms with Crippen molar-refractivity contribution < 1.29 is 19.1 Å². The molecule has 0 radical (unpaired) electrons. The molecule has 1 N–H and O–H groups in total. The minimum Gasteiger partial charge on any atom is -0.454 e. The molecule has 0 unspecified atom stereocenters. The standard InChI is InChI=1S/C22H23ClN2O4/c23-17-5-1-15(2-6-17)3-8-21(26)24-18-9-11-25(12-10-18)22(27)16-4-7-19-20(13-16)29-14-28-19/h1-2,4-7,13,18H,3,8-12,14H2,(H,24,26). The van der Waals surface area contributed by atoms with Crippen LogP contribution in [0.25, 0.3) is 0 Å². The minimum atomic E-state index is -0.0178. The Bertz CT molecular complexity index is 892. The molecular weight excluding hydrogens is 392 g/mol. The largest absolute Gasteiger partial charge is 0.454 e. The SMILES string of the molecule is O=C(CCc1ccc(Cl)cc1)NC1CCN(C(=O)c2ccc3c(c2)OCO3)CC1. The van der Waals surface area contributed by atoms with E-state index in [0.717, 1.165) is 18.4 Å². The number of amides is 2. The van der Waals surface area contributed by atoms with E-state index in [1.807, 2.05) is 29.2 Å². The Morgan fingerprint density at radius 1 is 1.03 bits per heavy atom. The molecule has 2 aliphatic heterocycles. The number of hydrogen-bond acceptors (Lipinski definition) is 4. The van der Waals surface area contributed by atoms with Gasteiger partial charge in [0.15, 0.2) is 11.5 Å². The monoisotopic (exact) mass is 414 g/mol. The Morgan fingerprint density at radius 3 is 2.52 bits per heavy atom. The van der Waals surface area contributed by atoms with Crippen LogP contribution in [0.3, 0.4) is 0 Å². The fourth-order valence-corrected chi connectivity index (χ4v) is 3.77. The Labute approximate surface area is 174 Å². The Kier molecular flexibility index (Phi) is 5.90. The summed E-state index contributed by atoms with van der Waals surface area (Å²) in [4.78, 5) is 26.8. The molecule has 0 saturated carbocycles. The molecule has 6 nitrogen and oxygen atoms in total. The lowest BCUT2D eigenvalue weighted by molar-refractivity contribution is -0.122. The third kappa shape index (κ3) is 4.82. The summed E-state index contributed by atoms with van der Waals surface area (Å²) in [5, 5.41) is 3.79. The second-order valence-electron chi connectivity index (χ2n) is 7.33. The van der Waals surface area contributed by atoms with Crippen LogP contribution >= 0.6 is 11.6 Å². The Hall–Kier alpha value is -2.73. The van der Waals surface area contributed by atoms with Crippen molar-refractivity contribution in [2.75, 3.05) is 19.9 Å². The molecule has 0 aromatic heterocycles. The van der Waals surface area contributed by atoms with Crippen LogP contribution in [-0.2, 0) is 11.2 Å². The fraction of sp³-hybridized carbons (Fsp3) is 0.364. The number of carbonyl (C=O) groups is 2. The molecule has 2 amide bonds. The predicted octanol–water partition coefficient (Wildman–Crippen LogP) is 3.42. The van der Waals surface area contributed by atoms with E-state index < -0.39 is 0 Å². The number of hydrogen-bond donors (Lipinski definition) is 1. The summed E-state index contributed by atoms with van der Waals surface area (Å²) in [6.07, 6.45) is 2.63. The van der Waals surface area contributed by atoms with E-state index >= 15 is 0 Å². The Balaban J connectivity index is 1.23. The topological polar surface area (TPSA) is 67.9 Å². The molecule has 4 rings (SSSR count). The van der Waals surface area contributed by atoms with Crippen LogP contribution in [-0.4, -0.2) is 42.6 Å². The van der Waals surface area contributed by atoms with Crippen molar-refractivity contribution in [3.63, 3.8) is 0 Å². The third-order valence-electron chi connectivity index (χ3n) is 5.32. The van der Waals surface area contributed by atoms with E-state index in [4.69, 9.17) is 21.1 Å². The molecule has 2 heterocycles. The molecule has 7 heteroatoms. The van der Waals surface area contributed by atoms with Gasteiger partial charge in [0.1, 0.15) is 0 Å². The van der Waals surface area contributed by atoms with Gasteiger partial charge < -0.3 is 19.7 Å². The van der Waals surface area contributed by atoms with Crippen LogP contribution in [0, 0.1) is 0 Å². The van der Waals surface area contributed by atoms with E-state index in [1.165, 1.54) is 0 Å². The number of fused-ring (bicyclic) bond motifs is 1. The molecule has 0 spiro atoms. The quantitative estimate of drug-likeness (QED) is 0.814. The van der Waals surface area contributed by atoms with Crippen LogP contribution in [0.15, 0.2) is 42.5 Å². The van der Waals surface area contributed by atoms with E-state index in [2.05, 4.69) is 5.32 Å². The molecule has 0 aliphatic carbocycles. The van der Waals surface area contributed by atoms with Crippen molar-refractivity contribution in [1.82, 2.24) is 10.2 Å². The van der Waals surface area contributed by atoms with Gasteiger partial charge in [-0.2, -0.15) is 0 Å². The first-order valence-electron chi connectivity index (χ1n) is 9.81. The number of nitrogens with zero attached hydrogens (tertiary/aromatic N) is 1. The van der Waals surface area contributed by atoms with Crippen molar-refractivity contribution >= 4 is 23.4 Å². The molecule has 1 saturated heterocycles. The molecule has 0 atom stereocenters. The zero-order chi connectivity index (χ0) is 20.2. The first-order chi connectivity index (χ1) is 14.1. The zero-order valence-corrected chi connectivity index (χ0v) is 16.8. The number of piperidine rings is 1. The molecule has 2 aromatic carbocycles. The number of carbonyl (C=O) groups excluding carboxylic acids is 2. The van der Waals surface area contributed by atoms with E-state index in [0.29, 0.717) is 48.0 Å². The maximum Gasteiger partial charge on any atom is 0.253 e. The second-order valence-corrected chi connectivity index (χ2v) is 7.76. The van der Waals surface area contributed by atoms with Crippen LogP contribution in [0.1, 0.15) is 35.2 Å². The summed E-state index contributed by atoms with van der Waals surface area (Å²) in [5.74, 6) is 1.30. The van der Waals surface area contributed by atoms with Crippen molar-refractivity contribution in [2.45, 2.75) is 31.7 Å². The van der Waals surface area contributed by atoms with Crippen LogP contribution in [0.4, 0.5) is 0 Å². The molecule has 152 valence electrons. The third-order valence-corrected chi connectivity index (χ3v) is 5.57. The molecule has 0 bridgehead atoms. The summed E-state index contributed by atoms with van der Waals surface area (Å²) in [6, 6.07) is 12.9. The maximum absolute atomic E-state index is 12.7. The van der Waals surface area contributed by atoms with Crippen LogP contribution in [0.2, 0.25) is 5.02 Å². The fourth-order valence-electron chi connectivity index (χ4n) is 3.65. The first-order valence-corrected chi connectivity index (χ1v) is 10.2. The number of halogens is 1.